The number of rotatable bonds is 5. The molecule has 1 heterocycles. The van der Waals surface area contributed by atoms with E-state index in [2.05, 4.69) is 26.1 Å². The fourth-order valence-electron chi connectivity index (χ4n) is 1.61. The number of ketones is 1. The van der Waals surface area contributed by atoms with Crippen LogP contribution in [-0.2, 0) is 11.2 Å². The molecule has 0 fully saturated rings. The van der Waals surface area contributed by atoms with Crippen molar-refractivity contribution in [3.63, 3.8) is 0 Å². The molecule has 0 aliphatic heterocycles. The molecule has 0 bridgehead atoms. The Morgan fingerprint density at radius 3 is 3.00 bits per heavy atom. The summed E-state index contributed by atoms with van der Waals surface area (Å²) in [7, 11) is 0. The molecular weight excluding hydrogens is 296 g/mol. The third-order valence-corrected chi connectivity index (χ3v) is 2.92. The largest absolute Gasteiger partial charge is 0.339 e. The number of benzene rings is 1. The lowest BCUT2D eigenvalue weighted by Crippen LogP contribution is -2.01. The summed E-state index contributed by atoms with van der Waals surface area (Å²) >= 11 is 3.39. The number of halogens is 1. The first-order chi connectivity index (χ1) is 8.69. The molecule has 0 amide bonds. The van der Waals surface area contributed by atoms with Gasteiger partial charge in [0.15, 0.2) is 0 Å². The van der Waals surface area contributed by atoms with Crippen molar-refractivity contribution in [2.24, 2.45) is 0 Å². The van der Waals surface area contributed by atoms with Crippen LogP contribution >= 0.6 is 15.9 Å². The van der Waals surface area contributed by atoms with Gasteiger partial charge >= 0.3 is 0 Å². The lowest BCUT2D eigenvalue weighted by Gasteiger charge is -1.94. The fraction of sp³-hybridized carbons (Fsp3) is 0.308. The van der Waals surface area contributed by atoms with E-state index in [1.165, 1.54) is 0 Å². The number of carbonyl (C=O) groups is 1. The molecule has 94 valence electrons. The minimum Gasteiger partial charge on any atom is -0.339 e. The fourth-order valence-corrected chi connectivity index (χ4v) is 2.01. The van der Waals surface area contributed by atoms with Gasteiger partial charge in [0.2, 0.25) is 11.7 Å². The van der Waals surface area contributed by atoms with Crippen LogP contribution in [0.15, 0.2) is 33.3 Å². The first kappa shape index (κ1) is 13.0. The van der Waals surface area contributed by atoms with Crippen LogP contribution in [0.1, 0.15) is 25.7 Å². The molecule has 2 aromatic rings. The minimum absolute atomic E-state index is 0.127. The molecule has 0 saturated carbocycles. The van der Waals surface area contributed by atoms with E-state index in [4.69, 9.17) is 4.52 Å². The van der Waals surface area contributed by atoms with E-state index in [0.29, 0.717) is 18.1 Å². The highest BCUT2D eigenvalue weighted by molar-refractivity contribution is 9.10. The molecular formula is C13H13BrN2O2. The van der Waals surface area contributed by atoms with Gasteiger partial charge in [-0.2, -0.15) is 4.98 Å². The van der Waals surface area contributed by atoms with Crippen LogP contribution in [0.2, 0.25) is 0 Å². The molecule has 0 N–H and O–H groups in total. The van der Waals surface area contributed by atoms with Gasteiger partial charge in [-0.1, -0.05) is 40.1 Å². The number of Topliss-reactive ketones (excluding diaryl/α,β-unsaturated/α-hetero) is 1. The highest BCUT2D eigenvalue weighted by Crippen LogP contribution is 2.20. The monoisotopic (exact) mass is 308 g/mol. The molecule has 0 aliphatic carbocycles. The number of nitrogens with zero attached hydrogens (tertiary/aromatic N) is 2. The molecule has 2 rings (SSSR count). The predicted octanol–water partition coefficient (Wildman–Crippen LogP) is 3.41. The summed E-state index contributed by atoms with van der Waals surface area (Å²) in [4.78, 5) is 15.7. The van der Waals surface area contributed by atoms with Crippen molar-refractivity contribution in [2.45, 2.75) is 26.2 Å². The average Bonchev–Trinajstić information content (AvgIpc) is 2.78. The second-order valence-electron chi connectivity index (χ2n) is 3.99. The summed E-state index contributed by atoms with van der Waals surface area (Å²) in [5.41, 5.74) is 0.863. The Labute approximate surface area is 114 Å². The first-order valence-corrected chi connectivity index (χ1v) is 6.58. The molecule has 5 heteroatoms. The zero-order chi connectivity index (χ0) is 13.0. The van der Waals surface area contributed by atoms with Crippen molar-refractivity contribution in [3.8, 4) is 11.4 Å². The Hall–Kier alpha value is -1.49. The van der Waals surface area contributed by atoms with Crippen LogP contribution in [0.25, 0.3) is 11.4 Å². The molecule has 0 spiro atoms. The van der Waals surface area contributed by atoms with Gasteiger partial charge in [0.25, 0.3) is 0 Å². The van der Waals surface area contributed by atoms with E-state index in [1.807, 2.05) is 31.2 Å². The van der Waals surface area contributed by atoms with Gasteiger partial charge in [0.05, 0.1) is 6.42 Å². The minimum atomic E-state index is 0.127. The molecule has 1 aromatic heterocycles. The highest BCUT2D eigenvalue weighted by Gasteiger charge is 2.12. The maximum Gasteiger partial charge on any atom is 0.234 e. The topological polar surface area (TPSA) is 56.0 Å². The highest BCUT2D eigenvalue weighted by atomic mass is 79.9. The second-order valence-corrected chi connectivity index (χ2v) is 4.90. The summed E-state index contributed by atoms with van der Waals surface area (Å²) < 4.78 is 6.03. The van der Waals surface area contributed by atoms with Crippen molar-refractivity contribution >= 4 is 21.7 Å². The number of hydrogen-bond acceptors (Lipinski definition) is 4. The predicted molar refractivity (Wildman–Crippen MR) is 71.1 cm³/mol. The maximum absolute atomic E-state index is 11.5. The molecule has 0 radical (unpaired) electrons. The number of hydrogen-bond donors (Lipinski definition) is 0. The zero-order valence-electron chi connectivity index (χ0n) is 10.0. The van der Waals surface area contributed by atoms with E-state index in [0.717, 1.165) is 16.5 Å². The summed E-state index contributed by atoms with van der Waals surface area (Å²) in [6, 6.07) is 7.63. The van der Waals surface area contributed by atoms with Gasteiger partial charge in [0, 0.05) is 16.5 Å². The van der Waals surface area contributed by atoms with Gasteiger partial charge in [-0.3, -0.25) is 4.79 Å². The van der Waals surface area contributed by atoms with Crippen molar-refractivity contribution in [3.05, 3.63) is 34.6 Å². The van der Waals surface area contributed by atoms with E-state index in [1.54, 1.807) is 0 Å². The van der Waals surface area contributed by atoms with Crippen LogP contribution in [0.5, 0.6) is 0 Å². The van der Waals surface area contributed by atoms with Crippen LogP contribution in [0.3, 0.4) is 0 Å². The summed E-state index contributed by atoms with van der Waals surface area (Å²) in [6.07, 6.45) is 1.61. The standard InChI is InChI=1S/C13H13BrN2O2/c1-2-4-11(17)8-12-15-13(16-18-12)9-5-3-6-10(14)7-9/h3,5-7H,2,4,8H2,1H3. The maximum atomic E-state index is 11.5. The van der Waals surface area contributed by atoms with Crippen molar-refractivity contribution in [1.29, 1.82) is 0 Å². The zero-order valence-corrected chi connectivity index (χ0v) is 11.6. The van der Waals surface area contributed by atoms with Crippen LogP contribution in [-0.4, -0.2) is 15.9 Å². The van der Waals surface area contributed by atoms with E-state index in [9.17, 15) is 4.79 Å². The van der Waals surface area contributed by atoms with Gasteiger partial charge in [-0.05, 0) is 18.6 Å². The molecule has 0 saturated heterocycles. The smallest absolute Gasteiger partial charge is 0.234 e. The third-order valence-electron chi connectivity index (χ3n) is 2.43. The Morgan fingerprint density at radius 2 is 2.28 bits per heavy atom. The third kappa shape index (κ3) is 3.26. The van der Waals surface area contributed by atoms with Crippen molar-refractivity contribution in [1.82, 2.24) is 10.1 Å². The molecule has 0 unspecified atom stereocenters. The van der Waals surface area contributed by atoms with Crippen LogP contribution in [0.4, 0.5) is 0 Å². The number of carbonyl (C=O) groups excluding carboxylic acids is 1. The first-order valence-electron chi connectivity index (χ1n) is 5.79. The summed E-state index contributed by atoms with van der Waals surface area (Å²) in [5, 5.41) is 3.88. The van der Waals surface area contributed by atoms with E-state index >= 15 is 0 Å². The average molecular weight is 309 g/mol. The Morgan fingerprint density at radius 1 is 1.44 bits per heavy atom. The molecule has 18 heavy (non-hydrogen) atoms. The van der Waals surface area contributed by atoms with Crippen molar-refractivity contribution in [2.75, 3.05) is 0 Å². The molecule has 0 atom stereocenters. The lowest BCUT2D eigenvalue weighted by molar-refractivity contribution is -0.118. The Kier molecular flexibility index (Phi) is 4.25. The Balaban J connectivity index is 2.13. The Bertz CT molecular complexity index is 551. The SMILES string of the molecule is CCCC(=O)Cc1nc(-c2cccc(Br)c2)no1. The molecule has 4 nitrogen and oxygen atoms in total. The number of aromatic nitrogens is 2. The lowest BCUT2D eigenvalue weighted by atomic mass is 10.2. The molecule has 1 aromatic carbocycles. The van der Waals surface area contributed by atoms with E-state index in [-0.39, 0.29) is 12.2 Å². The van der Waals surface area contributed by atoms with Crippen molar-refractivity contribution < 1.29 is 9.32 Å². The van der Waals surface area contributed by atoms with Gasteiger partial charge in [-0.25, -0.2) is 0 Å². The van der Waals surface area contributed by atoms with Gasteiger partial charge < -0.3 is 4.52 Å². The van der Waals surface area contributed by atoms with Gasteiger partial charge in [0.1, 0.15) is 5.78 Å². The quantitative estimate of drug-likeness (QED) is 0.849. The van der Waals surface area contributed by atoms with Crippen LogP contribution in [0, 0.1) is 0 Å². The molecule has 0 aliphatic rings. The van der Waals surface area contributed by atoms with Crippen LogP contribution < -0.4 is 0 Å². The second kappa shape index (κ2) is 5.91. The van der Waals surface area contributed by atoms with Gasteiger partial charge in [-0.15, -0.1) is 0 Å². The summed E-state index contributed by atoms with van der Waals surface area (Å²) in [6.45, 7) is 1.97. The van der Waals surface area contributed by atoms with E-state index < -0.39 is 0 Å². The normalized spacial score (nSPS) is 10.6. The summed E-state index contributed by atoms with van der Waals surface area (Å²) in [5.74, 6) is 1.01.